The molecule has 1 saturated carbocycles. The number of Topliss-reactive ketones (excluding diaryl/α,β-unsaturated/α-hetero) is 1. The van der Waals surface area contributed by atoms with E-state index >= 15 is 0 Å². The van der Waals surface area contributed by atoms with Crippen molar-refractivity contribution in [1.82, 2.24) is 16.0 Å². The molecule has 1 fully saturated rings. The van der Waals surface area contributed by atoms with E-state index in [1.54, 1.807) is 20.8 Å². The van der Waals surface area contributed by atoms with Crippen molar-refractivity contribution < 1.29 is 19.2 Å². The highest BCUT2D eigenvalue weighted by Gasteiger charge is 2.33. The third kappa shape index (κ3) is 8.98. The van der Waals surface area contributed by atoms with Crippen LogP contribution in [0.2, 0.25) is 0 Å². The number of ketones is 1. The molecule has 7 heteroatoms. The Bertz CT molecular complexity index is 824. The van der Waals surface area contributed by atoms with Gasteiger partial charge in [-0.25, -0.2) is 0 Å². The third-order valence-corrected chi connectivity index (χ3v) is 5.69. The van der Waals surface area contributed by atoms with Gasteiger partial charge in [-0.2, -0.15) is 0 Å². The first-order valence-electron chi connectivity index (χ1n) is 12.0. The van der Waals surface area contributed by atoms with Crippen LogP contribution in [0.15, 0.2) is 30.3 Å². The molecule has 2 unspecified atom stereocenters. The molecule has 7 nitrogen and oxygen atoms in total. The van der Waals surface area contributed by atoms with Crippen molar-refractivity contribution >= 4 is 23.5 Å². The van der Waals surface area contributed by atoms with E-state index in [2.05, 4.69) is 16.0 Å². The van der Waals surface area contributed by atoms with Crippen molar-refractivity contribution in [3.63, 3.8) is 0 Å². The molecule has 182 valence electrons. The van der Waals surface area contributed by atoms with Crippen LogP contribution in [0.5, 0.6) is 0 Å². The fourth-order valence-electron chi connectivity index (χ4n) is 4.07. The Morgan fingerprint density at radius 1 is 0.939 bits per heavy atom. The van der Waals surface area contributed by atoms with Crippen LogP contribution in [-0.4, -0.2) is 41.1 Å². The minimum atomic E-state index is -1.03. The summed E-state index contributed by atoms with van der Waals surface area (Å²) in [6.07, 6.45) is 4.36. The Balaban J connectivity index is 2.18. The van der Waals surface area contributed by atoms with Crippen LogP contribution in [0.25, 0.3) is 0 Å². The highest BCUT2D eigenvalue weighted by Crippen LogP contribution is 2.25. The molecule has 33 heavy (non-hydrogen) atoms. The number of carbonyl (C=O) groups is 4. The lowest BCUT2D eigenvalue weighted by molar-refractivity contribution is -0.141. The molecule has 0 saturated heterocycles. The maximum atomic E-state index is 13.2. The van der Waals surface area contributed by atoms with Gasteiger partial charge in [0.2, 0.25) is 17.6 Å². The predicted octanol–water partition coefficient (Wildman–Crippen LogP) is 2.92. The van der Waals surface area contributed by atoms with Crippen LogP contribution in [0.1, 0.15) is 72.3 Å². The van der Waals surface area contributed by atoms with Gasteiger partial charge >= 0.3 is 0 Å². The zero-order chi connectivity index (χ0) is 24.6. The summed E-state index contributed by atoms with van der Waals surface area (Å²) in [7, 11) is 0. The van der Waals surface area contributed by atoms with Crippen LogP contribution in [0, 0.1) is 11.8 Å². The van der Waals surface area contributed by atoms with Crippen LogP contribution < -0.4 is 16.0 Å². The second-order valence-electron chi connectivity index (χ2n) is 10.5. The largest absolute Gasteiger partial charge is 0.345 e. The molecule has 0 aromatic heterocycles. The smallest absolute Gasteiger partial charge is 0.290 e. The van der Waals surface area contributed by atoms with E-state index in [0.717, 1.165) is 31.2 Å². The second kappa shape index (κ2) is 12.0. The van der Waals surface area contributed by atoms with Crippen molar-refractivity contribution in [1.29, 1.82) is 0 Å². The van der Waals surface area contributed by atoms with Crippen LogP contribution in [0.4, 0.5) is 0 Å². The standard InChI is InChI=1S/C26H39N3O4/c1-17(2)15-21(28-23(31)19-13-9-10-14-19)24(32)27-20(16-18-11-7-6-8-12-18)22(30)25(33)29-26(3,4)5/h6-8,11-12,17,19-21H,9-10,13-16H2,1-5H3,(H,27,32)(H,28,31)(H,29,33). The predicted molar refractivity (Wildman–Crippen MR) is 128 cm³/mol. The molecular formula is C26H39N3O4. The lowest BCUT2D eigenvalue weighted by atomic mass is 9.98. The van der Waals surface area contributed by atoms with Crippen molar-refractivity contribution in [2.45, 2.75) is 90.8 Å². The van der Waals surface area contributed by atoms with E-state index in [9.17, 15) is 19.2 Å². The molecule has 0 heterocycles. The fourth-order valence-corrected chi connectivity index (χ4v) is 4.07. The summed E-state index contributed by atoms with van der Waals surface area (Å²) < 4.78 is 0. The number of hydrogen-bond donors (Lipinski definition) is 3. The van der Waals surface area contributed by atoms with E-state index in [1.165, 1.54) is 0 Å². The van der Waals surface area contributed by atoms with Gasteiger partial charge in [-0.3, -0.25) is 19.2 Å². The number of hydrogen-bond acceptors (Lipinski definition) is 4. The molecule has 0 radical (unpaired) electrons. The molecule has 3 N–H and O–H groups in total. The number of rotatable bonds is 10. The monoisotopic (exact) mass is 457 g/mol. The summed E-state index contributed by atoms with van der Waals surface area (Å²) >= 11 is 0. The Hall–Kier alpha value is -2.70. The molecule has 1 aromatic carbocycles. The molecule has 1 aromatic rings. The van der Waals surface area contributed by atoms with Crippen molar-refractivity contribution in [3.8, 4) is 0 Å². The van der Waals surface area contributed by atoms with Gasteiger partial charge in [0.05, 0.1) is 0 Å². The molecule has 1 aliphatic carbocycles. The van der Waals surface area contributed by atoms with Gasteiger partial charge in [-0.05, 0) is 51.5 Å². The van der Waals surface area contributed by atoms with Gasteiger partial charge in [0.15, 0.2) is 0 Å². The van der Waals surface area contributed by atoms with Crippen LogP contribution >= 0.6 is 0 Å². The number of amides is 3. The van der Waals surface area contributed by atoms with E-state index < -0.39 is 35.2 Å². The summed E-state index contributed by atoms with van der Waals surface area (Å²) in [5, 5.41) is 8.35. The van der Waals surface area contributed by atoms with E-state index in [0.29, 0.717) is 6.42 Å². The van der Waals surface area contributed by atoms with Crippen LogP contribution in [-0.2, 0) is 25.6 Å². The first kappa shape index (κ1) is 26.6. The molecule has 3 amide bonds. The normalized spacial score (nSPS) is 16.2. The molecule has 0 spiro atoms. The molecular weight excluding hydrogens is 418 g/mol. The van der Waals surface area contributed by atoms with Gasteiger partial charge in [0.25, 0.3) is 5.91 Å². The number of carbonyl (C=O) groups excluding carboxylic acids is 4. The molecule has 0 bridgehead atoms. The van der Waals surface area contributed by atoms with E-state index in [-0.39, 0.29) is 24.2 Å². The minimum absolute atomic E-state index is 0.0632. The SMILES string of the molecule is CC(C)CC(NC(=O)C1CCCC1)C(=O)NC(Cc1ccccc1)C(=O)C(=O)NC(C)(C)C. The number of benzene rings is 1. The van der Waals surface area contributed by atoms with Gasteiger partial charge < -0.3 is 16.0 Å². The maximum Gasteiger partial charge on any atom is 0.290 e. The summed E-state index contributed by atoms with van der Waals surface area (Å²) in [6, 6.07) is 7.47. The Morgan fingerprint density at radius 2 is 1.55 bits per heavy atom. The van der Waals surface area contributed by atoms with Crippen molar-refractivity contribution in [2.24, 2.45) is 11.8 Å². The highest BCUT2D eigenvalue weighted by atomic mass is 16.2. The summed E-state index contributed by atoms with van der Waals surface area (Å²) in [5.74, 6) is -1.88. The average molecular weight is 458 g/mol. The summed E-state index contributed by atoms with van der Waals surface area (Å²) in [6.45, 7) is 9.33. The fraction of sp³-hybridized carbons (Fsp3) is 0.615. The van der Waals surface area contributed by atoms with Crippen LogP contribution in [0.3, 0.4) is 0 Å². The van der Waals surface area contributed by atoms with E-state index in [4.69, 9.17) is 0 Å². The first-order chi connectivity index (χ1) is 15.5. The lowest BCUT2D eigenvalue weighted by Gasteiger charge is -2.26. The van der Waals surface area contributed by atoms with Gasteiger partial charge in [-0.15, -0.1) is 0 Å². The minimum Gasteiger partial charge on any atom is -0.345 e. The van der Waals surface area contributed by atoms with Crippen molar-refractivity contribution in [3.05, 3.63) is 35.9 Å². The average Bonchev–Trinajstić information content (AvgIpc) is 3.26. The summed E-state index contributed by atoms with van der Waals surface area (Å²) in [5.41, 5.74) is 0.249. The molecule has 0 aliphatic heterocycles. The summed E-state index contributed by atoms with van der Waals surface area (Å²) in [4.78, 5) is 51.5. The molecule has 2 rings (SSSR count). The Morgan fingerprint density at radius 3 is 2.09 bits per heavy atom. The number of nitrogens with one attached hydrogen (secondary N) is 3. The Labute approximate surface area is 197 Å². The quantitative estimate of drug-likeness (QED) is 0.470. The third-order valence-electron chi connectivity index (χ3n) is 5.69. The van der Waals surface area contributed by atoms with Gasteiger partial charge in [0, 0.05) is 17.9 Å². The van der Waals surface area contributed by atoms with Gasteiger partial charge in [-0.1, -0.05) is 57.0 Å². The zero-order valence-electron chi connectivity index (χ0n) is 20.6. The Kier molecular flexibility index (Phi) is 9.62. The molecule has 1 aliphatic rings. The second-order valence-corrected chi connectivity index (χ2v) is 10.5. The lowest BCUT2D eigenvalue weighted by Crippen LogP contribution is -2.56. The molecule has 2 atom stereocenters. The first-order valence-corrected chi connectivity index (χ1v) is 12.0. The maximum absolute atomic E-state index is 13.2. The zero-order valence-corrected chi connectivity index (χ0v) is 20.6. The topological polar surface area (TPSA) is 104 Å². The van der Waals surface area contributed by atoms with Gasteiger partial charge in [0.1, 0.15) is 12.1 Å². The highest BCUT2D eigenvalue weighted by molar-refractivity contribution is 6.38. The van der Waals surface area contributed by atoms with E-state index in [1.807, 2.05) is 44.2 Å². The van der Waals surface area contributed by atoms with Crippen molar-refractivity contribution in [2.75, 3.05) is 0 Å².